The number of esters is 1. The van der Waals surface area contributed by atoms with E-state index in [0.29, 0.717) is 12.0 Å². The molecule has 0 aliphatic heterocycles. The third kappa shape index (κ3) is 2.57. The molecule has 0 N–H and O–H groups in total. The van der Waals surface area contributed by atoms with Gasteiger partial charge in [-0.1, -0.05) is 13.0 Å². The lowest BCUT2D eigenvalue weighted by Crippen LogP contribution is -2.03. The largest absolute Gasteiger partial charge is 0.465 e. The van der Waals surface area contributed by atoms with Crippen LogP contribution >= 0.6 is 0 Å². The smallest absolute Gasteiger partial charge is 0.337 e. The van der Waals surface area contributed by atoms with Gasteiger partial charge in [0.1, 0.15) is 0 Å². The van der Waals surface area contributed by atoms with Crippen LogP contribution in [0.1, 0.15) is 28.4 Å². The highest BCUT2D eigenvalue weighted by Gasteiger charge is 2.08. The molecule has 15 heavy (non-hydrogen) atoms. The molecule has 0 aliphatic rings. The van der Waals surface area contributed by atoms with Crippen LogP contribution in [0.15, 0.2) is 18.2 Å². The van der Waals surface area contributed by atoms with E-state index >= 15 is 0 Å². The molecule has 0 heterocycles. The van der Waals surface area contributed by atoms with E-state index in [0.717, 1.165) is 17.5 Å². The van der Waals surface area contributed by atoms with Gasteiger partial charge >= 0.3 is 5.97 Å². The Morgan fingerprint density at radius 2 is 2.20 bits per heavy atom. The molecule has 0 aromatic heterocycles. The van der Waals surface area contributed by atoms with E-state index < -0.39 is 0 Å². The van der Waals surface area contributed by atoms with Crippen LogP contribution in [0.5, 0.6) is 0 Å². The van der Waals surface area contributed by atoms with E-state index in [-0.39, 0.29) is 5.97 Å². The number of rotatable bonds is 3. The van der Waals surface area contributed by atoms with Gasteiger partial charge in [0.05, 0.1) is 25.2 Å². The molecule has 1 aromatic carbocycles. The first kappa shape index (κ1) is 11.3. The second-order valence-corrected chi connectivity index (χ2v) is 3.16. The molecule has 0 spiro atoms. The minimum absolute atomic E-state index is 0.327. The van der Waals surface area contributed by atoms with Crippen LogP contribution in [0, 0.1) is 11.3 Å². The van der Waals surface area contributed by atoms with Gasteiger partial charge in [0.15, 0.2) is 0 Å². The van der Waals surface area contributed by atoms with E-state index in [4.69, 9.17) is 5.26 Å². The highest BCUT2D eigenvalue weighted by Crippen LogP contribution is 2.14. The molecule has 0 saturated carbocycles. The second-order valence-electron chi connectivity index (χ2n) is 3.16. The minimum atomic E-state index is -0.364. The number of carbonyl (C=O) groups is 1. The van der Waals surface area contributed by atoms with E-state index in [1.54, 1.807) is 12.1 Å². The fourth-order valence-electron chi connectivity index (χ4n) is 1.47. The van der Waals surface area contributed by atoms with Crippen molar-refractivity contribution in [2.45, 2.75) is 19.8 Å². The van der Waals surface area contributed by atoms with Gasteiger partial charge < -0.3 is 4.74 Å². The van der Waals surface area contributed by atoms with Crippen molar-refractivity contribution in [1.29, 1.82) is 5.26 Å². The summed E-state index contributed by atoms with van der Waals surface area (Å²) in [6, 6.07) is 7.42. The minimum Gasteiger partial charge on any atom is -0.465 e. The number of ether oxygens (including phenoxy) is 1. The third-order valence-corrected chi connectivity index (χ3v) is 2.28. The lowest BCUT2D eigenvalue weighted by molar-refractivity contribution is 0.0600. The number of nitriles is 1. The Labute approximate surface area is 89.3 Å². The van der Waals surface area contributed by atoms with E-state index in [9.17, 15) is 4.79 Å². The highest BCUT2D eigenvalue weighted by atomic mass is 16.5. The SMILES string of the molecule is CCc1ccc(C(=O)OC)cc1CC#N. The summed E-state index contributed by atoms with van der Waals surface area (Å²) in [5, 5.41) is 8.66. The van der Waals surface area contributed by atoms with Crippen molar-refractivity contribution in [3.05, 3.63) is 34.9 Å². The summed E-state index contributed by atoms with van der Waals surface area (Å²) in [4.78, 5) is 11.3. The number of benzene rings is 1. The maximum atomic E-state index is 11.3. The molecule has 0 amide bonds. The number of hydrogen-bond donors (Lipinski definition) is 0. The molecule has 3 nitrogen and oxygen atoms in total. The van der Waals surface area contributed by atoms with Crippen LogP contribution in [-0.4, -0.2) is 13.1 Å². The van der Waals surface area contributed by atoms with Crippen molar-refractivity contribution >= 4 is 5.97 Å². The molecular weight excluding hydrogens is 190 g/mol. The molecule has 1 rings (SSSR count). The zero-order valence-corrected chi connectivity index (χ0v) is 8.91. The molecule has 78 valence electrons. The quantitative estimate of drug-likeness (QED) is 0.707. The van der Waals surface area contributed by atoms with Crippen molar-refractivity contribution in [1.82, 2.24) is 0 Å². The average Bonchev–Trinajstić information content (AvgIpc) is 2.28. The molecule has 0 radical (unpaired) electrons. The van der Waals surface area contributed by atoms with Gasteiger partial charge in [-0.3, -0.25) is 0 Å². The summed E-state index contributed by atoms with van der Waals surface area (Å²) >= 11 is 0. The van der Waals surface area contributed by atoms with Crippen molar-refractivity contribution in [3.8, 4) is 6.07 Å². The Hall–Kier alpha value is -1.82. The van der Waals surface area contributed by atoms with Gasteiger partial charge in [-0.15, -0.1) is 0 Å². The Morgan fingerprint density at radius 3 is 2.73 bits per heavy atom. The first-order valence-corrected chi connectivity index (χ1v) is 4.80. The summed E-state index contributed by atoms with van der Waals surface area (Å²) in [5.41, 5.74) is 2.51. The highest BCUT2D eigenvalue weighted by molar-refractivity contribution is 5.89. The van der Waals surface area contributed by atoms with Gasteiger partial charge in [0.2, 0.25) is 0 Å². The van der Waals surface area contributed by atoms with Crippen LogP contribution in [0.4, 0.5) is 0 Å². The topological polar surface area (TPSA) is 50.1 Å². The fraction of sp³-hybridized carbons (Fsp3) is 0.333. The van der Waals surface area contributed by atoms with Gasteiger partial charge in [0, 0.05) is 0 Å². The standard InChI is InChI=1S/C12H13NO2/c1-3-9-4-5-11(12(14)15-2)8-10(9)6-7-13/h4-5,8H,3,6H2,1-2H3. The van der Waals surface area contributed by atoms with Crippen LogP contribution in [0.25, 0.3) is 0 Å². The summed E-state index contributed by atoms with van der Waals surface area (Å²) in [7, 11) is 1.35. The number of hydrogen-bond acceptors (Lipinski definition) is 3. The van der Waals surface area contributed by atoms with Crippen LogP contribution in [0.2, 0.25) is 0 Å². The number of aryl methyl sites for hydroxylation is 1. The van der Waals surface area contributed by atoms with Crippen LogP contribution < -0.4 is 0 Å². The van der Waals surface area contributed by atoms with E-state index in [1.165, 1.54) is 7.11 Å². The van der Waals surface area contributed by atoms with Crippen LogP contribution in [0.3, 0.4) is 0 Å². The Kier molecular flexibility index (Phi) is 3.87. The van der Waals surface area contributed by atoms with Crippen molar-refractivity contribution in [3.63, 3.8) is 0 Å². The van der Waals surface area contributed by atoms with Gasteiger partial charge in [-0.25, -0.2) is 4.79 Å². The number of carbonyl (C=O) groups excluding carboxylic acids is 1. The predicted molar refractivity (Wildman–Crippen MR) is 56.5 cm³/mol. The monoisotopic (exact) mass is 203 g/mol. The summed E-state index contributed by atoms with van der Waals surface area (Å²) < 4.78 is 4.62. The molecule has 0 unspecified atom stereocenters. The molecule has 0 aliphatic carbocycles. The first-order valence-electron chi connectivity index (χ1n) is 4.80. The molecule has 0 bridgehead atoms. The van der Waals surface area contributed by atoms with E-state index in [1.807, 2.05) is 13.0 Å². The Balaban J connectivity index is 3.11. The molecule has 3 heteroatoms. The Bertz CT molecular complexity index is 405. The number of methoxy groups -OCH3 is 1. The summed E-state index contributed by atoms with van der Waals surface area (Å²) in [6.07, 6.45) is 1.19. The second kappa shape index (κ2) is 5.16. The van der Waals surface area contributed by atoms with E-state index in [2.05, 4.69) is 10.8 Å². The zero-order chi connectivity index (χ0) is 11.3. The first-order chi connectivity index (χ1) is 7.22. The maximum Gasteiger partial charge on any atom is 0.337 e. The van der Waals surface area contributed by atoms with Gasteiger partial charge in [0.25, 0.3) is 0 Å². The fourth-order valence-corrected chi connectivity index (χ4v) is 1.47. The third-order valence-electron chi connectivity index (χ3n) is 2.28. The number of nitrogens with zero attached hydrogens (tertiary/aromatic N) is 1. The summed E-state index contributed by atoms with van der Waals surface area (Å²) in [5.74, 6) is -0.364. The molecule has 1 aromatic rings. The van der Waals surface area contributed by atoms with Gasteiger partial charge in [-0.05, 0) is 29.7 Å². The van der Waals surface area contributed by atoms with Crippen molar-refractivity contribution < 1.29 is 9.53 Å². The van der Waals surface area contributed by atoms with Crippen LogP contribution in [-0.2, 0) is 17.6 Å². The lowest BCUT2D eigenvalue weighted by Gasteiger charge is -2.06. The average molecular weight is 203 g/mol. The van der Waals surface area contributed by atoms with Crippen molar-refractivity contribution in [2.75, 3.05) is 7.11 Å². The lowest BCUT2D eigenvalue weighted by atomic mass is 10.00. The molecule has 0 fully saturated rings. The summed E-state index contributed by atoms with van der Waals surface area (Å²) in [6.45, 7) is 2.02. The molecular formula is C12H13NO2. The van der Waals surface area contributed by atoms with Crippen molar-refractivity contribution in [2.24, 2.45) is 0 Å². The Morgan fingerprint density at radius 1 is 1.47 bits per heavy atom. The predicted octanol–water partition coefficient (Wildman–Crippen LogP) is 2.10. The van der Waals surface area contributed by atoms with Gasteiger partial charge in [-0.2, -0.15) is 5.26 Å². The zero-order valence-electron chi connectivity index (χ0n) is 8.91. The normalized spacial score (nSPS) is 9.40. The maximum absolute atomic E-state index is 11.3. The molecule has 0 saturated heterocycles. The molecule has 0 atom stereocenters.